The zero-order valence-corrected chi connectivity index (χ0v) is 18.8. The first-order valence-electron chi connectivity index (χ1n) is 10.3. The predicted octanol–water partition coefficient (Wildman–Crippen LogP) is 4.70. The molecule has 0 bridgehead atoms. The zero-order valence-electron chi connectivity index (χ0n) is 18.0. The van der Waals surface area contributed by atoms with Crippen molar-refractivity contribution in [1.29, 1.82) is 0 Å². The van der Waals surface area contributed by atoms with Gasteiger partial charge in [0.25, 0.3) is 0 Å². The van der Waals surface area contributed by atoms with Crippen molar-refractivity contribution in [2.24, 2.45) is 0 Å². The molecule has 2 aromatic heterocycles. The first kappa shape index (κ1) is 22.1. The van der Waals surface area contributed by atoms with E-state index in [0.717, 1.165) is 36.6 Å². The summed E-state index contributed by atoms with van der Waals surface area (Å²) in [5.41, 5.74) is 5.44. The van der Waals surface area contributed by atoms with Crippen molar-refractivity contribution in [3.05, 3.63) is 52.7 Å². The molecule has 0 atom stereocenters. The molecule has 7 heteroatoms. The Morgan fingerprint density at radius 3 is 2.60 bits per heavy atom. The largest absolute Gasteiger partial charge is 0.463 e. The number of benzene rings is 1. The molecule has 3 rings (SSSR count). The van der Waals surface area contributed by atoms with E-state index in [-0.39, 0.29) is 12.5 Å². The summed E-state index contributed by atoms with van der Waals surface area (Å²) >= 11 is 6.53. The Kier molecular flexibility index (Phi) is 7.34. The van der Waals surface area contributed by atoms with Gasteiger partial charge in [0.05, 0.1) is 16.4 Å². The molecule has 0 aliphatic heterocycles. The molecule has 1 aromatic carbocycles. The summed E-state index contributed by atoms with van der Waals surface area (Å²) in [7, 11) is 0. The summed E-state index contributed by atoms with van der Waals surface area (Å²) in [6.45, 7) is 11.0. The summed E-state index contributed by atoms with van der Waals surface area (Å²) in [6, 6.07) is 12.2. The van der Waals surface area contributed by atoms with Crippen LogP contribution in [0.25, 0.3) is 22.6 Å². The lowest BCUT2D eigenvalue weighted by Crippen LogP contribution is -2.28. The average molecular weight is 429 g/mol. The highest BCUT2D eigenvalue weighted by molar-refractivity contribution is 6.33. The molecular weight excluding hydrogens is 400 g/mol. The lowest BCUT2D eigenvalue weighted by Gasteiger charge is -2.17. The smallest absolute Gasteiger partial charge is 0.327 e. The molecule has 0 spiro atoms. The second-order valence-corrected chi connectivity index (χ2v) is 7.69. The van der Waals surface area contributed by atoms with E-state index in [4.69, 9.17) is 16.3 Å². The third kappa shape index (κ3) is 5.12. The molecule has 0 unspecified atom stereocenters. The maximum absolute atomic E-state index is 12.4. The molecule has 0 saturated carbocycles. The number of nitrogens with zero attached hydrogens (tertiary/aromatic N) is 3. The fourth-order valence-corrected chi connectivity index (χ4v) is 3.68. The quantitative estimate of drug-likeness (QED) is 0.502. The van der Waals surface area contributed by atoms with E-state index >= 15 is 0 Å². The lowest BCUT2D eigenvalue weighted by molar-refractivity contribution is -0.144. The molecule has 3 aromatic rings. The zero-order chi connectivity index (χ0) is 21.7. The minimum absolute atomic E-state index is 0.0138. The van der Waals surface area contributed by atoms with Gasteiger partial charge in [0, 0.05) is 12.2 Å². The Bertz CT molecular complexity index is 1000. The molecule has 30 heavy (non-hydrogen) atoms. The number of nitrogens with one attached hydrogen (secondary N) is 1. The topological polar surface area (TPSA) is 63.1 Å². The summed E-state index contributed by atoms with van der Waals surface area (Å²) in [5.74, 6) is -0.326. The highest BCUT2D eigenvalue weighted by Crippen LogP contribution is 2.32. The van der Waals surface area contributed by atoms with Gasteiger partial charge in [-0.1, -0.05) is 49.2 Å². The van der Waals surface area contributed by atoms with Crippen LogP contribution in [0.1, 0.15) is 25.1 Å². The molecule has 0 amide bonds. The number of likely N-dealkylation sites (N-methyl/N-ethyl adjacent to an activating group) is 1. The van der Waals surface area contributed by atoms with Crippen molar-refractivity contribution in [2.75, 3.05) is 26.2 Å². The number of hydrogen-bond acceptors (Lipinski definition) is 4. The maximum Gasteiger partial charge on any atom is 0.327 e. The Morgan fingerprint density at radius 2 is 1.90 bits per heavy atom. The summed E-state index contributed by atoms with van der Waals surface area (Å²) < 4.78 is 7.03. The van der Waals surface area contributed by atoms with Gasteiger partial charge in [0.1, 0.15) is 18.8 Å². The highest BCUT2D eigenvalue weighted by Gasteiger charge is 2.19. The van der Waals surface area contributed by atoms with E-state index in [2.05, 4.69) is 54.0 Å². The summed E-state index contributed by atoms with van der Waals surface area (Å²) in [6.07, 6.45) is 0. The van der Waals surface area contributed by atoms with Crippen molar-refractivity contribution in [3.63, 3.8) is 0 Å². The van der Waals surface area contributed by atoms with Gasteiger partial charge < -0.3 is 14.6 Å². The number of carbonyl (C=O) groups is 1. The molecule has 0 fully saturated rings. The van der Waals surface area contributed by atoms with Gasteiger partial charge in [-0.2, -0.15) is 5.10 Å². The van der Waals surface area contributed by atoms with Gasteiger partial charge >= 0.3 is 5.97 Å². The molecule has 0 aliphatic rings. The van der Waals surface area contributed by atoms with E-state index in [1.807, 2.05) is 25.1 Å². The van der Waals surface area contributed by atoms with Gasteiger partial charge in [0.2, 0.25) is 0 Å². The molecule has 0 saturated heterocycles. The predicted molar refractivity (Wildman–Crippen MR) is 121 cm³/mol. The van der Waals surface area contributed by atoms with Crippen LogP contribution in [0, 0.1) is 13.8 Å². The normalized spacial score (nSPS) is 11.3. The molecule has 0 radical (unpaired) electrons. The van der Waals surface area contributed by atoms with Gasteiger partial charge in [-0.3, -0.25) is 9.48 Å². The third-order valence-corrected chi connectivity index (χ3v) is 5.62. The van der Waals surface area contributed by atoms with Crippen LogP contribution in [-0.4, -0.2) is 51.9 Å². The number of hydrogen-bond donors (Lipinski definition) is 1. The van der Waals surface area contributed by atoms with Crippen LogP contribution in [0.3, 0.4) is 0 Å². The van der Waals surface area contributed by atoms with Crippen LogP contribution < -0.4 is 0 Å². The lowest BCUT2D eigenvalue weighted by atomic mass is 10.1. The minimum atomic E-state index is -0.326. The minimum Gasteiger partial charge on any atom is -0.463 e. The monoisotopic (exact) mass is 428 g/mol. The van der Waals surface area contributed by atoms with Crippen LogP contribution in [0.15, 0.2) is 36.4 Å². The van der Waals surface area contributed by atoms with Crippen LogP contribution >= 0.6 is 11.6 Å². The standard InChI is InChI=1S/C23H29ClN4O2/c1-5-27(6-2)12-13-30-21(29)15-28-23(22(24)17(4)26-28)20-11-10-19(25-20)18-9-7-8-16(3)14-18/h7-11,14,25H,5-6,12-13,15H2,1-4H3. The van der Waals surface area contributed by atoms with Crippen LogP contribution in [0.2, 0.25) is 5.02 Å². The number of halogens is 1. The van der Waals surface area contributed by atoms with Crippen molar-refractivity contribution in [1.82, 2.24) is 19.7 Å². The number of carbonyl (C=O) groups excluding carboxylic acids is 1. The van der Waals surface area contributed by atoms with Gasteiger partial charge in [-0.25, -0.2) is 0 Å². The van der Waals surface area contributed by atoms with Gasteiger partial charge in [-0.15, -0.1) is 0 Å². The SMILES string of the molecule is CCN(CC)CCOC(=O)Cn1nc(C)c(Cl)c1-c1ccc(-c2cccc(C)c2)[nH]1. The highest BCUT2D eigenvalue weighted by atomic mass is 35.5. The van der Waals surface area contributed by atoms with Crippen LogP contribution in [-0.2, 0) is 16.1 Å². The van der Waals surface area contributed by atoms with E-state index in [0.29, 0.717) is 23.0 Å². The molecule has 1 N–H and O–H groups in total. The Hall–Kier alpha value is -2.57. The first-order chi connectivity index (χ1) is 14.4. The number of rotatable bonds is 9. The number of H-pyrrole nitrogens is 1. The second kappa shape index (κ2) is 9.96. The average Bonchev–Trinajstić information content (AvgIpc) is 3.30. The Labute approximate surface area is 182 Å². The fraction of sp³-hybridized carbons (Fsp3) is 0.391. The Morgan fingerprint density at radius 1 is 1.17 bits per heavy atom. The van der Waals surface area contributed by atoms with E-state index in [1.54, 1.807) is 4.68 Å². The number of aryl methyl sites for hydroxylation is 2. The third-order valence-electron chi connectivity index (χ3n) is 5.17. The van der Waals surface area contributed by atoms with E-state index < -0.39 is 0 Å². The van der Waals surface area contributed by atoms with Crippen molar-refractivity contribution >= 4 is 17.6 Å². The van der Waals surface area contributed by atoms with E-state index in [1.165, 1.54) is 5.56 Å². The molecule has 2 heterocycles. The fourth-order valence-electron chi connectivity index (χ4n) is 3.44. The molecule has 160 valence electrons. The van der Waals surface area contributed by atoms with Crippen molar-refractivity contribution < 1.29 is 9.53 Å². The number of aromatic amines is 1. The van der Waals surface area contributed by atoms with E-state index in [9.17, 15) is 4.79 Å². The molecule has 6 nitrogen and oxygen atoms in total. The van der Waals surface area contributed by atoms with Gasteiger partial charge in [-0.05, 0) is 50.7 Å². The maximum atomic E-state index is 12.4. The van der Waals surface area contributed by atoms with Crippen LogP contribution in [0.4, 0.5) is 0 Å². The molecular formula is C23H29ClN4O2. The number of esters is 1. The summed E-state index contributed by atoms with van der Waals surface area (Å²) in [5, 5.41) is 4.98. The van der Waals surface area contributed by atoms with Crippen molar-refractivity contribution in [3.8, 4) is 22.6 Å². The summed E-state index contributed by atoms with van der Waals surface area (Å²) in [4.78, 5) is 18.0. The first-order valence-corrected chi connectivity index (χ1v) is 10.7. The Balaban J connectivity index is 1.76. The number of ether oxygens (including phenoxy) is 1. The van der Waals surface area contributed by atoms with Crippen LogP contribution in [0.5, 0.6) is 0 Å². The second-order valence-electron chi connectivity index (χ2n) is 7.31. The van der Waals surface area contributed by atoms with Gasteiger partial charge in [0.15, 0.2) is 0 Å². The number of aromatic nitrogens is 3. The molecule has 0 aliphatic carbocycles. The van der Waals surface area contributed by atoms with Crippen molar-refractivity contribution in [2.45, 2.75) is 34.2 Å².